The molecule has 0 saturated carbocycles. The molecule has 4 N–H and O–H groups in total. The molecule has 0 radical (unpaired) electrons. The number of phenolic OH excluding ortho intramolecular Hbond substituents is 1. The molecule has 38 heavy (non-hydrogen) atoms. The van der Waals surface area contributed by atoms with E-state index < -0.39 is 23.9 Å². The van der Waals surface area contributed by atoms with Crippen molar-refractivity contribution >= 4 is 40.1 Å². The van der Waals surface area contributed by atoms with Crippen molar-refractivity contribution in [3.63, 3.8) is 0 Å². The minimum atomic E-state index is -1.13. The van der Waals surface area contributed by atoms with Crippen molar-refractivity contribution in [1.82, 2.24) is 5.32 Å². The monoisotopic (exact) mass is 511 g/mol. The zero-order valence-corrected chi connectivity index (χ0v) is 21.6. The molecule has 0 aromatic heterocycles. The van der Waals surface area contributed by atoms with Gasteiger partial charge in [0.05, 0.1) is 18.4 Å². The van der Waals surface area contributed by atoms with Gasteiger partial charge in [0.2, 0.25) is 0 Å². The number of benzene rings is 4. The maximum Gasteiger partial charge on any atom is 0.333 e. The lowest BCUT2D eigenvalue weighted by atomic mass is 10.0. The highest BCUT2D eigenvalue weighted by atomic mass is 16.5. The van der Waals surface area contributed by atoms with Crippen molar-refractivity contribution in [2.45, 2.75) is 26.8 Å². The number of aryl methyl sites for hydroxylation is 3. The Morgan fingerprint density at radius 2 is 1.42 bits per heavy atom. The minimum absolute atomic E-state index is 0.0229. The highest BCUT2D eigenvalue weighted by Crippen LogP contribution is 2.27. The molecule has 8 heteroatoms. The Bertz CT molecular complexity index is 1510. The summed E-state index contributed by atoms with van der Waals surface area (Å²) in [6, 6.07) is 19.0. The molecule has 0 aliphatic rings. The fraction of sp³-hybridized carbons (Fsp3) is 0.167. The van der Waals surface area contributed by atoms with E-state index in [0.29, 0.717) is 11.3 Å². The largest absolute Gasteiger partial charge is 0.508 e. The summed E-state index contributed by atoms with van der Waals surface area (Å²) in [6.07, 6.45) is 0. The van der Waals surface area contributed by atoms with Gasteiger partial charge in [0.1, 0.15) is 5.75 Å². The van der Waals surface area contributed by atoms with Gasteiger partial charge in [-0.05, 0) is 72.5 Å². The van der Waals surface area contributed by atoms with Crippen molar-refractivity contribution < 1.29 is 24.2 Å². The summed E-state index contributed by atoms with van der Waals surface area (Å²) in [5.41, 5.74) is 4.50. The summed E-state index contributed by atoms with van der Waals surface area (Å²) in [5, 5.41) is 19.6. The van der Waals surface area contributed by atoms with E-state index in [2.05, 4.69) is 16.0 Å². The standard InChI is InChI=1S/C30H29N3O5/c1-17-13-18(2)26(19(3)14-17)33-30(37)31-25-16-22-8-6-5-7-21(22)15-24(25)28(35)32-27(29(36)38-4)20-9-11-23(34)12-10-20/h5-16,27,34H,1-4H3,(H,32,35)(H2,31,33,37)/t27-/m0/s1. The predicted octanol–water partition coefficient (Wildman–Crippen LogP) is 5.76. The topological polar surface area (TPSA) is 117 Å². The number of urea groups is 1. The second-order valence-electron chi connectivity index (χ2n) is 9.12. The molecule has 3 amide bonds. The Balaban J connectivity index is 1.67. The molecule has 4 rings (SSSR count). The summed E-state index contributed by atoms with van der Waals surface area (Å²) in [5.74, 6) is -1.24. The van der Waals surface area contributed by atoms with Crippen molar-refractivity contribution in [3.05, 3.63) is 101 Å². The van der Waals surface area contributed by atoms with E-state index in [0.717, 1.165) is 27.5 Å². The number of esters is 1. The zero-order chi connectivity index (χ0) is 27.4. The Kier molecular flexibility index (Phi) is 7.62. The van der Waals surface area contributed by atoms with Crippen molar-refractivity contribution in [2.75, 3.05) is 17.7 Å². The van der Waals surface area contributed by atoms with Crippen molar-refractivity contribution in [3.8, 4) is 5.75 Å². The van der Waals surface area contributed by atoms with Gasteiger partial charge in [-0.2, -0.15) is 0 Å². The second kappa shape index (κ2) is 11.0. The van der Waals surface area contributed by atoms with Gasteiger partial charge in [-0.1, -0.05) is 54.1 Å². The summed E-state index contributed by atoms with van der Waals surface area (Å²) >= 11 is 0. The average Bonchev–Trinajstić information content (AvgIpc) is 2.89. The number of ether oxygens (including phenoxy) is 1. The number of phenols is 1. The van der Waals surface area contributed by atoms with Crippen LogP contribution in [0.1, 0.15) is 38.7 Å². The predicted molar refractivity (Wildman–Crippen MR) is 148 cm³/mol. The Labute approximate surface area is 220 Å². The van der Waals surface area contributed by atoms with Gasteiger partial charge in [0.15, 0.2) is 6.04 Å². The van der Waals surface area contributed by atoms with Gasteiger partial charge in [-0.3, -0.25) is 4.79 Å². The fourth-order valence-corrected chi connectivity index (χ4v) is 4.45. The molecule has 0 unspecified atom stereocenters. The third-order valence-electron chi connectivity index (χ3n) is 6.23. The summed E-state index contributed by atoms with van der Waals surface area (Å²) in [7, 11) is 1.23. The first-order valence-electron chi connectivity index (χ1n) is 12.0. The van der Waals surface area contributed by atoms with Crippen LogP contribution in [0.5, 0.6) is 5.75 Å². The number of nitrogens with one attached hydrogen (secondary N) is 3. The number of aromatic hydroxyl groups is 1. The normalized spacial score (nSPS) is 11.5. The Morgan fingerprint density at radius 1 is 0.816 bits per heavy atom. The molecule has 0 bridgehead atoms. The van der Waals surface area contributed by atoms with Crippen LogP contribution >= 0.6 is 0 Å². The molecular weight excluding hydrogens is 482 g/mol. The molecule has 0 spiro atoms. The lowest BCUT2D eigenvalue weighted by molar-refractivity contribution is -0.143. The van der Waals surface area contributed by atoms with Crippen molar-refractivity contribution in [2.24, 2.45) is 0 Å². The van der Waals surface area contributed by atoms with E-state index in [9.17, 15) is 19.5 Å². The number of methoxy groups -OCH3 is 1. The molecule has 4 aromatic rings. The Morgan fingerprint density at radius 3 is 2.03 bits per heavy atom. The van der Waals surface area contributed by atoms with Gasteiger partial charge in [0.25, 0.3) is 5.91 Å². The first-order valence-corrected chi connectivity index (χ1v) is 12.0. The van der Waals surface area contributed by atoms with E-state index in [1.54, 1.807) is 12.1 Å². The van der Waals surface area contributed by atoms with E-state index >= 15 is 0 Å². The maximum absolute atomic E-state index is 13.5. The molecule has 0 heterocycles. The van der Waals surface area contributed by atoms with E-state index in [1.807, 2.05) is 57.2 Å². The van der Waals surface area contributed by atoms with E-state index in [-0.39, 0.29) is 17.0 Å². The smallest absolute Gasteiger partial charge is 0.333 e. The second-order valence-corrected chi connectivity index (χ2v) is 9.12. The van der Waals surface area contributed by atoms with Gasteiger partial charge >= 0.3 is 12.0 Å². The number of hydrogen-bond donors (Lipinski definition) is 4. The van der Waals surface area contributed by atoms with Crippen molar-refractivity contribution in [1.29, 1.82) is 0 Å². The molecule has 1 atom stereocenters. The number of carbonyl (C=O) groups excluding carboxylic acids is 3. The summed E-state index contributed by atoms with van der Waals surface area (Å²) in [6.45, 7) is 5.82. The van der Waals surface area contributed by atoms with Crippen LogP contribution in [-0.2, 0) is 9.53 Å². The van der Waals surface area contributed by atoms with Crippen LogP contribution in [-0.4, -0.2) is 30.1 Å². The molecule has 194 valence electrons. The number of fused-ring (bicyclic) bond motifs is 1. The maximum atomic E-state index is 13.5. The molecule has 4 aromatic carbocycles. The fourth-order valence-electron chi connectivity index (χ4n) is 4.45. The highest BCUT2D eigenvalue weighted by molar-refractivity contribution is 6.10. The summed E-state index contributed by atoms with van der Waals surface area (Å²) < 4.78 is 4.90. The highest BCUT2D eigenvalue weighted by Gasteiger charge is 2.26. The molecule has 0 fully saturated rings. The third-order valence-corrected chi connectivity index (χ3v) is 6.23. The lowest BCUT2D eigenvalue weighted by Crippen LogP contribution is -2.35. The number of rotatable bonds is 6. The minimum Gasteiger partial charge on any atom is -0.508 e. The van der Waals surface area contributed by atoms with Crippen LogP contribution in [0.4, 0.5) is 16.2 Å². The van der Waals surface area contributed by atoms with Gasteiger partial charge in [-0.25, -0.2) is 9.59 Å². The van der Waals surface area contributed by atoms with Crippen LogP contribution in [0.3, 0.4) is 0 Å². The van der Waals surface area contributed by atoms with E-state index in [1.165, 1.54) is 31.4 Å². The van der Waals surface area contributed by atoms with Crippen LogP contribution < -0.4 is 16.0 Å². The van der Waals surface area contributed by atoms with Gasteiger partial charge in [-0.15, -0.1) is 0 Å². The quantitative estimate of drug-likeness (QED) is 0.246. The zero-order valence-electron chi connectivity index (χ0n) is 21.6. The summed E-state index contributed by atoms with van der Waals surface area (Å²) in [4.78, 5) is 39.1. The Hall–Kier alpha value is -4.85. The number of amides is 3. The van der Waals surface area contributed by atoms with E-state index in [4.69, 9.17) is 4.74 Å². The van der Waals surface area contributed by atoms with Crippen LogP contribution in [0, 0.1) is 20.8 Å². The molecule has 0 aliphatic heterocycles. The average molecular weight is 512 g/mol. The van der Waals surface area contributed by atoms with Gasteiger partial charge < -0.3 is 25.8 Å². The molecule has 0 aliphatic carbocycles. The molecule has 0 saturated heterocycles. The number of anilines is 2. The lowest BCUT2D eigenvalue weighted by Gasteiger charge is -2.19. The van der Waals surface area contributed by atoms with Crippen LogP contribution in [0.15, 0.2) is 72.8 Å². The first kappa shape index (κ1) is 26.2. The molecular formula is C30H29N3O5. The number of hydrogen-bond acceptors (Lipinski definition) is 5. The first-order chi connectivity index (χ1) is 18.2. The van der Waals surface area contributed by atoms with Crippen LogP contribution in [0.2, 0.25) is 0 Å². The third kappa shape index (κ3) is 5.75. The SMILES string of the molecule is COC(=O)[C@@H](NC(=O)c1cc2ccccc2cc1NC(=O)Nc1c(C)cc(C)cc1C)c1ccc(O)cc1. The number of carbonyl (C=O) groups is 3. The molecule has 8 nitrogen and oxygen atoms in total. The van der Waals surface area contributed by atoms with Crippen LogP contribution in [0.25, 0.3) is 10.8 Å². The van der Waals surface area contributed by atoms with Gasteiger partial charge in [0, 0.05) is 5.69 Å².